The summed E-state index contributed by atoms with van der Waals surface area (Å²) in [5, 5.41) is 9.33. The van der Waals surface area contributed by atoms with Crippen molar-refractivity contribution in [1.82, 2.24) is 4.90 Å². The van der Waals surface area contributed by atoms with Crippen molar-refractivity contribution in [2.24, 2.45) is 0 Å². The van der Waals surface area contributed by atoms with E-state index >= 15 is 0 Å². The van der Waals surface area contributed by atoms with Gasteiger partial charge in [-0.05, 0) is 21.0 Å². The highest BCUT2D eigenvalue weighted by atomic mass is 16.5. The van der Waals surface area contributed by atoms with Gasteiger partial charge in [0.15, 0.2) is 0 Å². The van der Waals surface area contributed by atoms with E-state index in [9.17, 15) is 5.11 Å². The predicted octanol–water partition coefficient (Wildman–Crippen LogP) is 0.502. The number of allylic oxidation sites excluding steroid dienone is 1. The maximum absolute atomic E-state index is 9.33. The normalized spacial score (nSPS) is 14.4. The van der Waals surface area contributed by atoms with Gasteiger partial charge in [0.05, 0.1) is 19.3 Å². The van der Waals surface area contributed by atoms with Crippen LogP contribution in [0.3, 0.4) is 0 Å². The fourth-order valence-corrected chi connectivity index (χ4v) is 0.843. The van der Waals surface area contributed by atoms with Gasteiger partial charge >= 0.3 is 0 Å². The molecule has 12 heavy (non-hydrogen) atoms. The summed E-state index contributed by atoms with van der Waals surface area (Å²) in [6.07, 6.45) is 3.46. The van der Waals surface area contributed by atoms with Crippen molar-refractivity contribution in [3.05, 3.63) is 12.2 Å². The average molecular weight is 173 g/mol. The highest BCUT2D eigenvalue weighted by Gasteiger charge is 2.03. The van der Waals surface area contributed by atoms with Gasteiger partial charge in [0.25, 0.3) is 0 Å². The molecule has 0 spiro atoms. The lowest BCUT2D eigenvalue weighted by Crippen LogP contribution is -2.29. The van der Waals surface area contributed by atoms with E-state index in [0.717, 1.165) is 0 Å². The summed E-state index contributed by atoms with van der Waals surface area (Å²) >= 11 is 0. The van der Waals surface area contributed by atoms with Gasteiger partial charge in [-0.3, -0.25) is 0 Å². The number of nitrogens with zero attached hydrogens (tertiary/aromatic N) is 1. The van der Waals surface area contributed by atoms with Gasteiger partial charge in [-0.2, -0.15) is 0 Å². The SMILES string of the molecule is C/C=C/COCC(O)CN(C)C. The van der Waals surface area contributed by atoms with E-state index in [1.807, 2.05) is 38.1 Å². The maximum atomic E-state index is 9.33. The number of likely N-dealkylation sites (N-methyl/N-ethyl adjacent to an activating group) is 1. The fraction of sp³-hybridized carbons (Fsp3) is 0.778. The van der Waals surface area contributed by atoms with Crippen molar-refractivity contribution in [3.63, 3.8) is 0 Å². The molecule has 0 bridgehead atoms. The molecular weight excluding hydrogens is 154 g/mol. The fourth-order valence-electron chi connectivity index (χ4n) is 0.843. The zero-order valence-electron chi connectivity index (χ0n) is 8.16. The molecule has 1 unspecified atom stereocenters. The number of rotatable bonds is 6. The Morgan fingerprint density at radius 1 is 1.50 bits per heavy atom. The first-order chi connectivity index (χ1) is 5.66. The zero-order valence-corrected chi connectivity index (χ0v) is 8.16. The van der Waals surface area contributed by atoms with Crippen LogP contribution in [0.15, 0.2) is 12.2 Å². The molecule has 72 valence electrons. The quantitative estimate of drug-likeness (QED) is 0.469. The second-order valence-corrected chi connectivity index (χ2v) is 3.02. The summed E-state index contributed by atoms with van der Waals surface area (Å²) in [5.74, 6) is 0. The van der Waals surface area contributed by atoms with Crippen molar-refractivity contribution in [2.45, 2.75) is 13.0 Å². The molecule has 0 saturated carbocycles. The number of aliphatic hydroxyl groups excluding tert-OH is 1. The lowest BCUT2D eigenvalue weighted by Gasteiger charge is -2.15. The van der Waals surface area contributed by atoms with Gasteiger partial charge < -0.3 is 14.7 Å². The lowest BCUT2D eigenvalue weighted by molar-refractivity contribution is 0.0349. The third-order valence-corrected chi connectivity index (χ3v) is 1.34. The minimum Gasteiger partial charge on any atom is -0.389 e. The Balaban J connectivity index is 3.25. The molecule has 0 aromatic carbocycles. The van der Waals surface area contributed by atoms with Crippen molar-refractivity contribution in [1.29, 1.82) is 0 Å². The average Bonchev–Trinajstić information content (AvgIpc) is 1.97. The van der Waals surface area contributed by atoms with Crippen LogP contribution in [0.25, 0.3) is 0 Å². The van der Waals surface area contributed by atoms with Crippen molar-refractivity contribution in [3.8, 4) is 0 Å². The van der Waals surface area contributed by atoms with Crippen LogP contribution in [0.5, 0.6) is 0 Å². The largest absolute Gasteiger partial charge is 0.389 e. The Hall–Kier alpha value is -0.380. The molecule has 1 atom stereocenters. The first-order valence-electron chi connectivity index (χ1n) is 4.18. The van der Waals surface area contributed by atoms with Crippen LogP contribution in [-0.4, -0.2) is 50.0 Å². The molecule has 3 heteroatoms. The summed E-state index contributed by atoms with van der Waals surface area (Å²) in [6, 6.07) is 0. The third kappa shape index (κ3) is 7.72. The molecule has 3 nitrogen and oxygen atoms in total. The van der Waals surface area contributed by atoms with Crippen LogP contribution in [0, 0.1) is 0 Å². The van der Waals surface area contributed by atoms with E-state index in [0.29, 0.717) is 19.8 Å². The Bertz CT molecular complexity index is 124. The highest BCUT2D eigenvalue weighted by molar-refractivity contribution is 4.76. The summed E-state index contributed by atoms with van der Waals surface area (Å²) in [4.78, 5) is 1.93. The molecule has 0 aliphatic carbocycles. The second-order valence-electron chi connectivity index (χ2n) is 3.02. The third-order valence-electron chi connectivity index (χ3n) is 1.34. The Morgan fingerprint density at radius 2 is 2.17 bits per heavy atom. The van der Waals surface area contributed by atoms with Gasteiger partial charge in [0.2, 0.25) is 0 Å². The van der Waals surface area contributed by atoms with Crippen molar-refractivity contribution in [2.75, 3.05) is 33.9 Å². The first kappa shape index (κ1) is 11.6. The van der Waals surface area contributed by atoms with Crippen molar-refractivity contribution < 1.29 is 9.84 Å². The van der Waals surface area contributed by atoms with Gasteiger partial charge in [0, 0.05) is 6.54 Å². The molecule has 0 aliphatic heterocycles. The molecule has 0 aromatic rings. The predicted molar refractivity (Wildman–Crippen MR) is 50.2 cm³/mol. The van der Waals surface area contributed by atoms with E-state index in [1.54, 1.807) is 0 Å². The van der Waals surface area contributed by atoms with Crippen LogP contribution in [-0.2, 0) is 4.74 Å². The summed E-state index contributed by atoms with van der Waals surface area (Å²) in [6.45, 7) is 3.58. The molecule has 0 heterocycles. The number of hydrogen-bond donors (Lipinski definition) is 1. The van der Waals surface area contributed by atoms with Gasteiger partial charge in [-0.1, -0.05) is 12.2 Å². The number of ether oxygens (including phenoxy) is 1. The minimum atomic E-state index is -0.384. The number of aliphatic hydroxyl groups is 1. The maximum Gasteiger partial charge on any atom is 0.0900 e. The molecule has 0 saturated heterocycles. The van der Waals surface area contributed by atoms with E-state index in [1.165, 1.54) is 0 Å². The van der Waals surface area contributed by atoms with Crippen LogP contribution >= 0.6 is 0 Å². The standard InChI is InChI=1S/C9H19NO2/c1-4-5-6-12-8-9(11)7-10(2)3/h4-5,9,11H,6-8H2,1-3H3/b5-4+. The van der Waals surface area contributed by atoms with Crippen LogP contribution in [0.1, 0.15) is 6.92 Å². The van der Waals surface area contributed by atoms with Crippen LogP contribution < -0.4 is 0 Å². The monoisotopic (exact) mass is 173 g/mol. The molecule has 0 aromatic heterocycles. The van der Waals surface area contributed by atoms with Gasteiger partial charge in [0.1, 0.15) is 0 Å². The highest BCUT2D eigenvalue weighted by Crippen LogP contribution is 1.88. The second kappa shape index (κ2) is 7.28. The number of hydrogen-bond acceptors (Lipinski definition) is 3. The van der Waals surface area contributed by atoms with Crippen LogP contribution in [0.4, 0.5) is 0 Å². The topological polar surface area (TPSA) is 32.7 Å². The van der Waals surface area contributed by atoms with Gasteiger partial charge in [-0.25, -0.2) is 0 Å². The molecule has 0 radical (unpaired) electrons. The Morgan fingerprint density at radius 3 is 2.67 bits per heavy atom. The van der Waals surface area contributed by atoms with Crippen molar-refractivity contribution >= 4 is 0 Å². The first-order valence-corrected chi connectivity index (χ1v) is 4.18. The van der Waals surface area contributed by atoms with E-state index in [2.05, 4.69) is 0 Å². The van der Waals surface area contributed by atoms with E-state index in [4.69, 9.17) is 4.74 Å². The van der Waals surface area contributed by atoms with Crippen LogP contribution in [0.2, 0.25) is 0 Å². The molecule has 0 amide bonds. The Kier molecular flexibility index (Phi) is 7.05. The smallest absolute Gasteiger partial charge is 0.0900 e. The molecule has 0 fully saturated rings. The molecule has 1 N–H and O–H groups in total. The minimum absolute atomic E-state index is 0.384. The molecule has 0 rings (SSSR count). The zero-order chi connectivity index (χ0) is 9.40. The molecular formula is C9H19NO2. The van der Waals surface area contributed by atoms with Gasteiger partial charge in [-0.15, -0.1) is 0 Å². The summed E-state index contributed by atoms with van der Waals surface area (Å²) < 4.78 is 5.17. The van der Waals surface area contributed by atoms with E-state index in [-0.39, 0.29) is 6.10 Å². The van der Waals surface area contributed by atoms with E-state index < -0.39 is 0 Å². The lowest BCUT2D eigenvalue weighted by atomic mass is 10.3. The molecule has 0 aliphatic rings. The summed E-state index contributed by atoms with van der Waals surface area (Å²) in [7, 11) is 3.85. The summed E-state index contributed by atoms with van der Waals surface area (Å²) in [5.41, 5.74) is 0. The Labute approximate surface area is 74.6 Å².